The molecule has 0 saturated heterocycles. The molecule has 0 saturated carbocycles. The number of carboxylic acids is 4. The first-order valence-corrected chi connectivity index (χ1v) is 13.8. The summed E-state index contributed by atoms with van der Waals surface area (Å²) in [5.74, 6) is -4.29. The maximum Gasteiger partial charge on any atom is 4.00 e. The van der Waals surface area contributed by atoms with Crippen LogP contribution in [0.2, 0.25) is 0 Å². The molecule has 0 aromatic rings. The molecule has 0 radical (unpaired) electrons. The van der Waals surface area contributed by atoms with Crippen LogP contribution in [0.4, 0.5) is 0 Å². The Hall–Kier alpha value is -0.00571. The zero-order valence-electron chi connectivity index (χ0n) is 23.2. The minimum Gasteiger partial charge on any atom is -0.549 e. The van der Waals surface area contributed by atoms with Gasteiger partial charge >= 0.3 is 21.7 Å². The van der Waals surface area contributed by atoms with Gasteiger partial charge in [-0.2, -0.15) is 50.5 Å². The fraction of sp³-hybridized carbons (Fsp3) is 0.833. The van der Waals surface area contributed by atoms with E-state index in [4.69, 9.17) is 0 Å². The third-order valence-electron chi connectivity index (χ3n) is 6.20. The summed E-state index contributed by atoms with van der Waals surface area (Å²) >= 11 is 15.8. The summed E-state index contributed by atoms with van der Waals surface area (Å²) in [5, 5.41) is 41.2. The number of hydrogen-bond acceptors (Lipinski definition) is 12. The van der Waals surface area contributed by atoms with Gasteiger partial charge in [-0.25, -0.2) is 0 Å². The van der Waals surface area contributed by atoms with Crippen LogP contribution in [0.5, 0.6) is 0 Å². The van der Waals surface area contributed by atoms with E-state index in [1.165, 1.54) is 0 Å². The van der Waals surface area contributed by atoms with E-state index in [0.29, 0.717) is 51.4 Å². The van der Waals surface area contributed by atoms with E-state index in [0.717, 1.165) is 0 Å². The quantitative estimate of drug-likeness (QED) is 0.182. The van der Waals surface area contributed by atoms with Crippen LogP contribution in [0, 0.1) is 0 Å². The van der Waals surface area contributed by atoms with E-state index < -0.39 is 42.9 Å². The maximum absolute atomic E-state index is 10.3. The van der Waals surface area contributed by atoms with Gasteiger partial charge in [0.15, 0.2) is 0 Å². The molecule has 0 rings (SSSR count). The van der Waals surface area contributed by atoms with Gasteiger partial charge in [-0.05, 0) is 51.4 Å². The Morgan fingerprint density at radius 2 is 0.486 bits per heavy atom. The smallest absolute Gasteiger partial charge is 0.549 e. The molecule has 0 bridgehead atoms. The Morgan fingerprint density at radius 3 is 0.486 bits per heavy atom. The molecule has 0 fully saturated rings. The van der Waals surface area contributed by atoms with Crippen LogP contribution >= 0.6 is 50.5 Å². The van der Waals surface area contributed by atoms with Crippen LogP contribution in [0.25, 0.3) is 0 Å². The van der Waals surface area contributed by atoms with E-state index in [1.54, 1.807) is 55.4 Å². The SMILES string of the molecule is CCC(S)(CC)C(=O)[O-].CCC(S)(CC)C(=O)[O-].CCC(S)(CC)C(=O)[O-].CCC(S)(CC)C(=O)[O-].[Ti+4]. The zero-order valence-corrected chi connectivity index (χ0v) is 28.4. The van der Waals surface area contributed by atoms with Crippen molar-refractivity contribution in [2.45, 2.75) is 126 Å². The Balaban J connectivity index is -0.000000122. The fourth-order valence-corrected chi connectivity index (χ4v) is 2.15. The van der Waals surface area contributed by atoms with Gasteiger partial charge in [0.1, 0.15) is 0 Å². The second-order valence-electron chi connectivity index (χ2n) is 8.10. The van der Waals surface area contributed by atoms with Crippen LogP contribution in [0.1, 0.15) is 107 Å². The van der Waals surface area contributed by atoms with Crippen LogP contribution in [0.15, 0.2) is 0 Å². The van der Waals surface area contributed by atoms with E-state index in [1.807, 2.05) is 0 Å². The van der Waals surface area contributed by atoms with E-state index in [-0.39, 0.29) is 21.7 Å². The molecule has 0 aliphatic carbocycles. The number of carbonyl (C=O) groups is 4. The van der Waals surface area contributed by atoms with Crippen molar-refractivity contribution in [1.82, 2.24) is 0 Å². The fourth-order valence-electron chi connectivity index (χ4n) is 2.15. The zero-order chi connectivity index (χ0) is 30.0. The van der Waals surface area contributed by atoms with E-state index in [9.17, 15) is 39.6 Å². The predicted octanol–water partition coefficient (Wildman–Crippen LogP) is 0.897. The molecule has 8 nitrogen and oxygen atoms in total. The average Bonchev–Trinajstić information content (AvgIpc) is 2.87. The molecule has 0 atom stereocenters. The number of hydrogen-bond donors (Lipinski definition) is 4. The third kappa shape index (κ3) is 18.1. The molecule has 0 aliphatic heterocycles. The molecule has 13 heteroatoms. The Bertz CT molecular complexity index is 549. The molecule has 216 valence electrons. The van der Waals surface area contributed by atoms with Crippen molar-refractivity contribution in [2.24, 2.45) is 0 Å². The van der Waals surface area contributed by atoms with Gasteiger partial charge in [-0.3, -0.25) is 0 Å². The minimum absolute atomic E-state index is 0. The van der Waals surface area contributed by atoms with Crippen LogP contribution < -0.4 is 20.4 Å². The van der Waals surface area contributed by atoms with Crippen molar-refractivity contribution < 1.29 is 61.3 Å². The summed E-state index contributed by atoms with van der Waals surface area (Å²) < 4.78 is -3.67. The monoisotopic (exact) mass is 636 g/mol. The average molecular weight is 637 g/mol. The number of carbonyl (C=O) groups excluding carboxylic acids is 4. The van der Waals surface area contributed by atoms with Gasteiger partial charge in [-0.1, -0.05) is 55.4 Å². The first kappa shape index (κ1) is 46.8. The van der Waals surface area contributed by atoms with E-state index >= 15 is 0 Å². The van der Waals surface area contributed by atoms with Gasteiger partial charge in [-0.15, -0.1) is 0 Å². The normalized spacial score (nSPS) is 11.1. The summed E-state index contributed by atoms with van der Waals surface area (Å²) in [6.07, 6.45) is 4.07. The second kappa shape index (κ2) is 22.8. The van der Waals surface area contributed by atoms with Crippen LogP contribution in [-0.2, 0) is 40.9 Å². The molecule has 0 unspecified atom stereocenters. The number of aliphatic carboxylic acids is 4. The topological polar surface area (TPSA) is 161 Å². The van der Waals surface area contributed by atoms with Crippen molar-refractivity contribution in [1.29, 1.82) is 0 Å². The molecule has 0 N–H and O–H groups in total. The summed E-state index contributed by atoms with van der Waals surface area (Å²) in [4.78, 5) is 41.2. The van der Waals surface area contributed by atoms with Crippen molar-refractivity contribution in [3.05, 3.63) is 0 Å². The maximum atomic E-state index is 10.3. The van der Waals surface area contributed by atoms with Gasteiger partial charge in [0.25, 0.3) is 0 Å². The molecular formula is C24H44O8S4Ti. The number of carboxylic acid groups (broad SMARTS) is 4. The summed E-state index contributed by atoms with van der Waals surface area (Å²) in [5.41, 5.74) is 0. The van der Waals surface area contributed by atoms with Crippen molar-refractivity contribution in [3.8, 4) is 0 Å². The summed E-state index contributed by atoms with van der Waals surface area (Å²) in [6.45, 7) is 14.3. The largest absolute Gasteiger partial charge is 4.00 e. The molecular weight excluding hydrogens is 592 g/mol. The molecule has 0 aromatic heterocycles. The van der Waals surface area contributed by atoms with Crippen molar-refractivity contribution >= 4 is 74.4 Å². The van der Waals surface area contributed by atoms with Crippen molar-refractivity contribution in [3.63, 3.8) is 0 Å². The van der Waals surface area contributed by atoms with Crippen LogP contribution in [0.3, 0.4) is 0 Å². The Labute approximate surface area is 260 Å². The molecule has 0 amide bonds. The molecule has 37 heavy (non-hydrogen) atoms. The standard InChI is InChI=1S/4C6H12O2S.Ti/c4*1-3-6(9,4-2)5(7)8;/h4*9H,3-4H2,1-2H3,(H,7,8);/q;;;;+4/p-4. The minimum atomic E-state index is -1.07. The predicted molar refractivity (Wildman–Crippen MR) is 149 cm³/mol. The summed E-state index contributed by atoms with van der Waals surface area (Å²) in [6, 6.07) is 0. The van der Waals surface area contributed by atoms with E-state index in [2.05, 4.69) is 50.5 Å². The van der Waals surface area contributed by atoms with Gasteiger partial charge in [0.05, 0.1) is 42.9 Å². The van der Waals surface area contributed by atoms with Gasteiger partial charge < -0.3 is 39.6 Å². The van der Waals surface area contributed by atoms with Gasteiger partial charge in [0.2, 0.25) is 0 Å². The van der Waals surface area contributed by atoms with Crippen molar-refractivity contribution in [2.75, 3.05) is 0 Å². The van der Waals surface area contributed by atoms with Gasteiger partial charge in [0, 0.05) is 0 Å². The molecule has 0 spiro atoms. The first-order valence-electron chi connectivity index (χ1n) is 12.0. The summed E-state index contributed by atoms with van der Waals surface area (Å²) in [7, 11) is 0. The molecule has 0 heterocycles. The first-order chi connectivity index (χ1) is 16.3. The second-order valence-corrected chi connectivity index (χ2v) is 11.5. The number of rotatable bonds is 12. The third-order valence-corrected chi connectivity index (χ3v) is 9.46. The molecule has 0 aromatic carbocycles. The number of thiol groups is 4. The Morgan fingerprint density at radius 1 is 0.405 bits per heavy atom. The molecule has 0 aliphatic rings. The Kier molecular flexibility index (Phi) is 28.8. The van der Waals surface area contributed by atoms with Crippen LogP contribution in [-0.4, -0.2) is 42.9 Å².